The summed E-state index contributed by atoms with van der Waals surface area (Å²) in [6, 6.07) is 0.330. The fourth-order valence-electron chi connectivity index (χ4n) is 4.04. The van der Waals surface area contributed by atoms with E-state index in [4.69, 9.17) is 0 Å². The Morgan fingerprint density at radius 1 is 1.20 bits per heavy atom. The predicted molar refractivity (Wildman–Crippen MR) is 94.4 cm³/mol. The third-order valence-electron chi connectivity index (χ3n) is 5.45. The number of piperidine rings is 1. The Balaban J connectivity index is 1.61. The topological polar surface area (TPSA) is 66.4 Å². The van der Waals surface area contributed by atoms with Gasteiger partial charge in [0.15, 0.2) is 0 Å². The molecule has 1 aromatic heterocycles. The molecule has 1 aromatic rings. The molecule has 2 heterocycles. The van der Waals surface area contributed by atoms with Crippen molar-refractivity contribution in [2.45, 2.75) is 64.0 Å². The SMILES string of the molecule is CN(Cc1cnccn1)C(=O)C1CCC(=O)N(C2CCCCCC2)C1. The molecule has 1 saturated heterocycles. The van der Waals surface area contributed by atoms with E-state index >= 15 is 0 Å². The van der Waals surface area contributed by atoms with Crippen LogP contribution in [0.4, 0.5) is 0 Å². The maximum absolute atomic E-state index is 12.8. The number of rotatable bonds is 4. The summed E-state index contributed by atoms with van der Waals surface area (Å²) in [5.74, 6) is 0.243. The number of hydrogen-bond donors (Lipinski definition) is 0. The second-order valence-corrected chi connectivity index (χ2v) is 7.32. The molecule has 1 saturated carbocycles. The summed E-state index contributed by atoms with van der Waals surface area (Å²) >= 11 is 0. The largest absolute Gasteiger partial charge is 0.339 e. The second kappa shape index (κ2) is 8.41. The zero-order valence-corrected chi connectivity index (χ0v) is 15.1. The number of nitrogens with zero attached hydrogens (tertiary/aromatic N) is 4. The van der Waals surface area contributed by atoms with Crippen molar-refractivity contribution in [2.24, 2.45) is 5.92 Å². The van der Waals surface area contributed by atoms with Gasteiger partial charge >= 0.3 is 0 Å². The van der Waals surface area contributed by atoms with Crippen molar-refractivity contribution in [3.05, 3.63) is 24.3 Å². The molecule has 0 bridgehead atoms. The number of likely N-dealkylation sites (tertiary alicyclic amines) is 1. The van der Waals surface area contributed by atoms with Crippen LogP contribution in [-0.4, -0.2) is 51.2 Å². The number of amides is 2. The molecule has 2 fully saturated rings. The molecule has 0 N–H and O–H groups in total. The van der Waals surface area contributed by atoms with E-state index in [-0.39, 0.29) is 17.7 Å². The first-order valence-electron chi connectivity index (χ1n) is 9.44. The fourth-order valence-corrected chi connectivity index (χ4v) is 4.04. The molecule has 3 rings (SSSR count). The van der Waals surface area contributed by atoms with E-state index in [1.165, 1.54) is 25.7 Å². The first-order valence-corrected chi connectivity index (χ1v) is 9.44. The molecule has 0 spiro atoms. The predicted octanol–water partition coefficient (Wildman–Crippen LogP) is 2.40. The molecule has 6 heteroatoms. The van der Waals surface area contributed by atoms with Crippen molar-refractivity contribution in [1.29, 1.82) is 0 Å². The van der Waals surface area contributed by atoms with Gasteiger partial charge in [0, 0.05) is 38.4 Å². The molecule has 0 radical (unpaired) electrons. The van der Waals surface area contributed by atoms with Crippen molar-refractivity contribution in [2.75, 3.05) is 13.6 Å². The van der Waals surface area contributed by atoms with E-state index in [2.05, 4.69) is 9.97 Å². The van der Waals surface area contributed by atoms with Crippen LogP contribution in [0.1, 0.15) is 57.1 Å². The average molecular weight is 344 g/mol. The van der Waals surface area contributed by atoms with Gasteiger partial charge in [-0.25, -0.2) is 0 Å². The van der Waals surface area contributed by atoms with E-state index in [9.17, 15) is 9.59 Å². The third-order valence-corrected chi connectivity index (χ3v) is 5.45. The van der Waals surface area contributed by atoms with Crippen molar-refractivity contribution in [1.82, 2.24) is 19.8 Å². The molecule has 2 amide bonds. The van der Waals surface area contributed by atoms with Crippen LogP contribution in [0.5, 0.6) is 0 Å². The van der Waals surface area contributed by atoms with Gasteiger partial charge in [-0.3, -0.25) is 19.6 Å². The van der Waals surface area contributed by atoms with Gasteiger partial charge in [0.25, 0.3) is 0 Å². The first kappa shape index (κ1) is 17.8. The monoisotopic (exact) mass is 344 g/mol. The molecule has 1 atom stereocenters. The normalized spacial score (nSPS) is 22.5. The van der Waals surface area contributed by atoms with Crippen molar-refractivity contribution in [3.8, 4) is 0 Å². The number of aromatic nitrogens is 2. The molecular weight excluding hydrogens is 316 g/mol. The Labute approximate surface area is 149 Å². The van der Waals surface area contributed by atoms with Crippen molar-refractivity contribution >= 4 is 11.8 Å². The van der Waals surface area contributed by atoms with Gasteiger partial charge in [-0.1, -0.05) is 25.7 Å². The minimum Gasteiger partial charge on any atom is -0.339 e. The molecule has 25 heavy (non-hydrogen) atoms. The Morgan fingerprint density at radius 2 is 1.96 bits per heavy atom. The van der Waals surface area contributed by atoms with E-state index < -0.39 is 0 Å². The molecule has 1 aliphatic carbocycles. The molecule has 1 aliphatic heterocycles. The van der Waals surface area contributed by atoms with Gasteiger partial charge in [0.1, 0.15) is 0 Å². The highest BCUT2D eigenvalue weighted by molar-refractivity contribution is 5.84. The van der Waals surface area contributed by atoms with Crippen LogP contribution in [0.2, 0.25) is 0 Å². The van der Waals surface area contributed by atoms with E-state index in [1.807, 2.05) is 11.9 Å². The summed E-state index contributed by atoms with van der Waals surface area (Å²) in [5.41, 5.74) is 0.783. The number of hydrogen-bond acceptors (Lipinski definition) is 4. The molecular formula is C19H28N4O2. The third kappa shape index (κ3) is 4.55. The lowest BCUT2D eigenvalue weighted by molar-refractivity contribution is -0.144. The van der Waals surface area contributed by atoms with Gasteiger partial charge in [-0.05, 0) is 19.3 Å². The van der Waals surface area contributed by atoms with Crippen LogP contribution in [0.25, 0.3) is 0 Å². The van der Waals surface area contributed by atoms with Crippen LogP contribution in [0.15, 0.2) is 18.6 Å². The molecule has 6 nitrogen and oxygen atoms in total. The highest BCUT2D eigenvalue weighted by Gasteiger charge is 2.35. The first-order chi connectivity index (χ1) is 12.1. The van der Waals surface area contributed by atoms with E-state index in [1.54, 1.807) is 23.5 Å². The lowest BCUT2D eigenvalue weighted by atomic mass is 9.93. The lowest BCUT2D eigenvalue weighted by Gasteiger charge is -2.38. The van der Waals surface area contributed by atoms with Crippen LogP contribution in [-0.2, 0) is 16.1 Å². The fraction of sp³-hybridized carbons (Fsp3) is 0.684. The van der Waals surface area contributed by atoms with Gasteiger partial charge < -0.3 is 9.80 Å². The summed E-state index contributed by atoms with van der Waals surface area (Å²) in [6.07, 6.45) is 13.2. The lowest BCUT2D eigenvalue weighted by Crippen LogP contribution is -2.50. The van der Waals surface area contributed by atoms with Crippen molar-refractivity contribution in [3.63, 3.8) is 0 Å². The van der Waals surface area contributed by atoms with Crippen LogP contribution in [0, 0.1) is 5.92 Å². The van der Waals surface area contributed by atoms with Crippen molar-refractivity contribution < 1.29 is 9.59 Å². The summed E-state index contributed by atoms with van der Waals surface area (Å²) in [6.45, 7) is 1.04. The number of carbonyl (C=O) groups is 2. The smallest absolute Gasteiger partial charge is 0.227 e. The van der Waals surface area contributed by atoms with Gasteiger partial charge in [-0.2, -0.15) is 0 Å². The Kier molecular flexibility index (Phi) is 6.00. The Morgan fingerprint density at radius 3 is 2.64 bits per heavy atom. The highest BCUT2D eigenvalue weighted by atomic mass is 16.2. The van der Waals surface area contributed by atoms with Gasteiger partial charge in [-0.15, -0.1) is 0 Å². The van der Waals surface area contributed by atoms with E-state index in [0.717, 1.165) is 18.5 Å². The van der Waals surface area contributed by atoms with Crippen LogP contribution < -0.4 is 0 Å². The maximum Gasteiger partial charge on any atom is 0.227 e. The molecule has 1 unspecified atom stereocenters. The minimum atomic E-state index is -0.0948. The zero-order valence-electron chi connectivity index (χ0n) is 15.1. The minimum absolute atomic E-state index is 0.0948. The zero-order chi connectivity index (χ0) is 17.6. The van der Waals surface area contributed by atoms with E-state index in [0.29, 0.717) is 32.0 Å². The maximum atomic E-state index is 12.8. The van der Waals surface area contributed by atoms with Crippen LogP contribution in [0.3, 0.4) is 0 Å². The summed E-state index contributed by atoms with van der Waals surface area (Å²) < 4.78 is 0. The molecule has 0 aromatic carbocycles. The Bertz CT molecular complexity index is 584. The highest BCUT2D eigenvalue weighted by Crippen LogP contribution is 2.28. The summed E-state index contributed by atoms with van der Waals surface area (Å²) in [7, 11) is 1.81. The average Bonchev–Trinajstić information content (AvgIpc) is 2.91. The van der Waals surface area contributed by atoms with Gasteiger partial charge in [0.05, 0.1) is 24.4 Å². The second-order valence-electron chi connectivity index (χ2n) is 7.32. The number of carbonyl (C=O) groups excluding carboxylic acids is 2. The Hall–Kier alpha value is -1.98. The standard InChI is InChI=1S/C19H28N4O2/c1-22(14-16-12-20-10-11-21-16)19(25)15-8-9-18(24)23(13-15)17-6-4-2-3-5-7-17/h10-12,15,17H,2-9,13-14H2,1H3. The molecule has 136 valence electrons. The van der Waals surface area contributed by atoms with Gasteiger partial charge in [0.2, 0.25) is 11.8 Å². The summed E-state index contributed by atoms with van der Waals surface area (Å²) in [5, 5.41) is 0. The summed E-state index contributed by atoms with van der Waals surface area (Å²) in [4.78, 5) is 37.3. The molecule has 2 aliphatic rings. The van der Waals surface area contributed by atoms with Crippen LogP contribution >= 0.6 is 0 Å². The quantitative estimate of drug-likeness (QED) is 0.787.